The number of nitrogens with one attached hydrogen (secondary N) is 1. The molecule has 1 fully saturated rings. The van der Waals surface area contributed by atoms with E-state index < -0.39 is 0 Å². The molecule has 102 valence electrons. The second-order valence-electron chi connectivity index (χ2n) is 5.89. The van der Waals surface area contributed by atoms with Crippen LogP contribution in [0.15, 0.2) is 18.2 Å². The summed E-state index contributed by atoms with van der Waals surface area (Å²) in [6, 6.07) is 6.57. The van der Waals surface area contributed by atoms with Gasteiger partial charge in [0, 0.05) is 18.7 Å². The number of rotatable bonds is 4. The van der Waals surface area contributed by atoms with Gasteiger partial charge in [-0.3, -0.25) is 0 Å². The van der Waals surface area contributed by atoms with E-state index in [1.807, 2.05) is 6.07 Å². The summed E-state index contributed by atoms with van der Waals surface area (Å²) >= 11 is 0. The minimum atomic E-state index is -0.236. The number of halogens is 1. The van der Waals surface area contributed by atoms with Gasteiger partial charge in [-0.05, 0) is 36.5 Å². The van der Waals surface area contributed by atoms with Crippen LogP contribution in [-0.2, 0) is 6.54 Å². The zero-order valence-electron chi connectivity index (χ0n) is 11.5. The largest absolute Gasteiger partial charge is 0.312 e. The lowest BCUT2D eigenvalue weighted by molar-refractivity contribution is 0.207. The van der Waals surface area contributed by atoms with Gasteiger partial charge in [0.2, 0.25) is 0 Å². The summed E-state index contributed by atoms with van der Waals surface area (Å²) < 4.78 is 13.6. The van der Waals surface area contributed by atoms with Crippen molar-refractivity contribution < 1.29 is 4.39 Å². The van der Waals surface area contributed by atoms with E-state index in [9.17, 15) is 4.39 Å². The first-order chi connectivity index (χ1) is 9.13. The van der Waals surface area contributed by atoms with Crippen LogP contribution in [0.2, 0.25) is 0 Å². The van der Waals surface area contributed by atoms with Crippen LogP contribution in [0.1, 0.15) is 50.2 Å². The summed E-state index contributed by atoms with van der Waals surface area (Å²) in [4.78, 5) is 0. The monoisotopic (exact) mass is 260 g/mol. The van der Waals surface area contributed by atoms with Crippen LogP contribution in [-0.4, -0.2) is 6.54 Å². The van der Waals surface area contributed by atoms with Gasteiger partial charge < -0.3 is 5.32 Å². The maximum absolute atomic E-state index is 13.6. The molecule has 1 aromatic rings. The Morgan fingerprint density at radius 2 is 2.05 bits per heavy atom. The highest BCUT2D eigenvalue weighted by atomic mass is 19.1. The first-order valence-electron chi connectivity index (χ1n) is 7.02. The van der Waals surface area contributed by atoms with Crippen molar-refractivity contribution in [2.24, 2.45) is 5.41 Å². The van der Waals surface area contributed by atoms with E-state index in [1.165, 1.54) is 44.2 Å². The van der Waals surface area contributed by atoms with Crippen molar-refractivity contribution in [1.82, 2.24) is 5.32 Å². The predicted octanol–water partition coefficient (Wildman–Crippen LogP) is 3.76. The molecule has 0 atom stereocenters. The van der Waals surface area contributed by atoms with Crippen LogP contribution < -0.4 is 5.32 Å². The molecule has 0 saturated heterocycles. The third kappa shape index (κ3) is 3.78. The SMILES string of the molecule is CC1(CNCc2cc(C#N)ccc2F)CCCCC1. The molecule has 2 nitrogen and oxygen atoms in total. The summed E-state index contributed by atoms with van der Waals surface area (Å²) in [6.07, 6.45) is 6.45. The lowest BCUT2D eigenvalue weighted by Gasteiger charge is -2.33. The number of nitrogens with zero attached hydrogens (tertiary/aromatic N) is 1. The van der Waals surface area contributed by atoms with Crippen LogP contribution in [0.5, 0.6) is 0 Å². The number of benzene rings is 1. The molecule has 0 bridgehead atoms. The maximum atomic E-state index is 13.6. The second kappa shape index (κ2) is 6.16. The molecule has 0 unspecified atom stereocenters. The van der Waals surface area contributed by atoms with Crippen molar-refractivity contribution in [3.63, 3.8) is 0 Å². The molecule has 0 aliphatic heterocycles. The first-order valence-corrected chi connectivity index (χ1v) is 7.02. The van der Waals surface area contributed by atoms with Crippen molar-refractivity contribution in [3.8, 4) is 6.07 Å². The summed E-state index contributed by atoms with van der Waals surface area (Å²) in [5.41, 5.74) is 1.45. The standard InChI is InChI=1S/C16H21FN2/c1-16(7-3-2-4-8-16)12-19-11-14-9-13(10-18)5-6-15(14)17/h5-6,9,19H,2-4,7-8,11-12H2,1H3. The second-order valence-corrected chi connectivity index (χ2v) is 5.89. The average molecular weight is 260 g/mol. The van der Waals surface area contributed by atoms with Crippen LogP contribution >= 0.6 is 0 Å². The molecule has 1 aliphatic rings. The molecule has 1 aliphatic carbocycles. The molecule has 2 rings (SSSR count). The van der Waals surface area contributed by atoms with Crippen molar-refractivity contribution in [2.75, 3.05) is 6.54 Å². The Kier molecular flexibility index (Phi) is 4.55. The molecule has 1 aromatic carbocycles. The fourth-order valence-electron chi connectivity index (χ4n) is 2.86. The van der Waals surface area contributed by atoms with Crippen LogP contribution in [0, 0.1) is 22.6 Å². The van der Waals surface area contributed by atoms with Crippen molar-refractivity contribution in [2.45, 2.75) is 45.6 Å². The van der Waals surface area contributed by atoms with Crippen molar-refractivity contribution in [1.29, 1.82) is 5.26 Å². The lowest BCUT2D eigenvalue weighted by atomic mass is 9.76. The van der Waals surface area contributed by atoms with Gasteiger partial charge in [-0.15, -0.1) is 0 Å². The van der Waals surface area contributed by atoms with Crippen LogP contribution in [0.3, 0.4) is 0 Å². The van der Waals surface area contributed by atoms with Crippen molar-refractivity contribution >= 4 is 0 Å². The molecular formula is C16H21FN2. The van der Waals surface area contributed by atoms with Gasteiger partial charge in [0.25, 0.3) is 0 Å². The van der Waals surface area contributed by atoms with E-state index in [0.717, 1.165) is 6.54 Å². The molecule has 1 saturated carbocycles. The number of hydrogen-bond donors (Lipinski definition) is 1. The van der Waals surface area contributed by atoms with E-state index >= 15 is 0 Å². The average Bonchev–Trinajstić information content (AvgIpc) is 2.41. The van der Waals surface area contributed by atoms with Gasteiger partial charge in [-0.25, -0.2) is 4.39 Å². The van der Waals surface area contributed by atoms with E-state index in [0.29, 0.717) is 23.1 Å². The Morgan fingerprint density at radius 3 is 2.74 bits per heavy atom. The van der Waals surface area contributed by atoms with Gasteiger partial charge in [0.1, 0.15) is 5.82 Å². The zero-order valence-corrected chi connectivity index (χ0v) is 11.5. The van der Waals surface area contributed by atoms with Gasteiger partial charge in [-0.1, -0.05) is 26.2 Å². The molecule has 3 heteroatoms. The molecule has 0 amide bonds. The van der Waals surface area contributed by atoms with Crippen LogP contribution in [0.25, 0.3) is 0 Å². The van der Waals surface area contributed by atoms with E-state index in [1.54, 1.807) is 6.07 Å². The number of hydrogen-bond acceptors (Lipinski definition) is 2. The first kappa shape index (κ1) is 14.0. The Labute approximate surface area is 114 Å². The lowest BCUT2D eigenvalue weighted by Crippen LogP contribution is -2.33. The Balaban J connectivity index is 1.90. The quantitative estimate of drug-likeness (QED) is 0.894. The molecule has 0 heterocycles. The fraction of sp³-hybridized carbons (Fsp3) is 0.562. The summed E-state index contributed by atoms with van der Waals surface area (Å²) in [5.74, 6) is -0.236. The highest BCUT2D eigenvalue weighted by molar-refractivity contribution is 5.33. The van der Waals surface area contributed by atoms with E-state index in [-0.39, 0.29) is 5.82 Å². The highest BCUT2D eigenvalue weighted by Gasteiger charge is 2.26. The smallest absolute Gasteiger partial charge is 0.127 e. The number of nitriles is 1. The van der Waals surface area contributed by atoms with Gasteiger partial charge in [0.15, 0.2) is 0 Å². The molecule has 0 radical (unpaired) electrons. The molecule has 0 aromatic heterocycles. The summed E-state index contributed by atoms with van der Waals surface area (Å²) in [6.45, 7) is 3.72. The predicted molar refractivity (Wildman–Crippen MR) is 74.0 cm³/mol. The minimum Gasteiger partial charge on any atom is -0.312 e. The van der Waals surface area contributed by atoms with Gasteiger partial charge in [-0.2, -0.15) is 5.26 Å². The Bertz CT molecular complexity index is 470. The molecular weight excluding hydrogens is 239 g/mol. The maximum Gasteiger partial charge on any atom is 0.127 e. The Morgan fingerprint density at radius 1 is 1.32 bits per heavy atom. The third-order valence-corrected chi connectivity index (χ3v) is 4.10. The molecule has 1 N–H and O–H groups in total. The zero-order chi connectivity index (χ0) is 13.7. The summed E-state index contributed by atoms with van der Waals surface area (Å²) in [5, 5.41) is 12.2. The van der Waals surface area contributed by atoms with E-state index in [2.05, 4.69) is 12.2 Å². The van der Waals surface area contributed by atoms with E-state index in [4.69, 9.17) is 5.26 Å². The fourth-order valence-corrected chi connectivity index (χ4v) is 2.86. The molecule has 0 spiro atoms. The van der Waals surface area contributed by atoms with Crippen LogP contribution in [0.4, 0.5) is 4.39 Å². The Hall–Kier alpha value is -1.40. The van der Waals surface area contributed by atoms with Crippen molar-refractivity contribution in [3.05, 3.63) is 35.1 Å². The molecule has 19 heavy (non-hydrogen) atoms. The highest BCUT2D eigenvalue weighted by Crippen LogP contribution is 2.34. The third-order valence-electron chi connectivity index (χ3n) is 4.10. The summed E-state index contributed by atoms with van der Waals surface area (Å²) in [7, 11) is 0. The van der Waals surface area contributed by atoms with Gasteiger partial charge >= 0.3 is 0 Å². The normalized spacial score (nSPS) is 17.9. The van der Waals surface area contributed by atoms with Gasteiger partial charge in [0.05, 0.1) is 11.6 Å². The topological polar surface area (TPSA) is 35.8 Å². The minimum absolute atomic E-state index is 0.236.